The zero-order valence-corrected chi connectivity index (χ0v) is 9.98. The van der Waals surface area contributed by atoms with Crippen molar-refractivity contribution in [3.05, 3.63) is 29.8 Å². The molecule has 0 atom stereocenters. The number of carbonyl (C=O) groups is 1. The van der Waals surface area contributed by atoms with Gasteiger partial charge >= 0.3 is 0 Å². The van der Waals surface area contributed by atoms with Crippen molar-refractivity contribution in [1.29, 1.82) is 0 Å². The Morgan fingerprint density at radius 1 is 1.35 bits per heavy atom. The largest absolute Gasteiger partial charge is 0.508 e. The van der Waals surface area contributed by atoms with Gasteiger partial charge in [-0.25, -0.2) is 0 Å². The van der Waals surface area contributed by atoms with Crippen molar-refractivity contribution < 1.29 is 9.90 Å². The van der Waals surface area contributed by atoms with E-state index in [-0.39, 0.29) is 17.6 Å². The summed E-state index contributed by atoms with van der Waals surface area (Å²) >= 11 is 0. The Morgan fingerprint density at radius 3 is 2.82 bits per heavy atom. The Morgan fingerprint density at radius 2 is 2.12 bits per heavy atom. The van der Waals surface area contributed by atoms with Crippen LogP contribution in [0.1, 0.15) is 31.2 Å². The van der Waals surface area contributed by atoms with Gasteiger partial charge in [-0.15, -0.1) is 0 Å². The lowest BCUT2D eigenvalue weighted by Gasteiger charge is -2.10. The number of aromatic hydroxyl groups is 1. The van der Waals surface area contributed by atoms with Crippen molar-refractivity contribution in [2.45, 2.75) is 32.1 Å². The number of phenols is 1. The monoisotopic (exact) mass is 233 g/mol. The molecule has 2 N–H and O–H groups in total. The van der Waals surface area contributed by atoms with Crippen LogP contribution in [0, 0.1) is 5.92 Å². The summed E-state index contributed by atoms with van der Waals surface area (Å²) in [6.45, 7) is 0.652. The minimum atomic E-state index is 0.197. The molecule has 0 radical (unpaired) electrons. The molecule has 92 valence electrons. The van der Waals surface area contributed by atoms with Gasteiger partial charge in [0, 0.05) is 12.5 Å². The lowest BCUT2D eigenvalue weighted by Crippen LogP contribution is -2.30. The second-order valence-electron chi connectivity index (χ2n) is 4.69. The molecule has 1 saturated carbocycles. The molecule has 3 heteroatoms. The van der Waals surface area contributed by atoms with E-state index in [1.165, 1.54) is 12.8 Å². The van der Waals surface area contributed by atoms with Crippen molar-refractivity contribution in [3.8, 4) is 5.75 Å². The quantitative estimate of drug-likeness (QED) is 0.838. The highest BCUT2D eigenvalue weighted by molar-refractivity contribution is 5.78. The number of amides is 1. The third-order valence-corrected chi connectivity index (χ3v) is 3.35. The molecule has 0 spiro atoms. The van der Waals surface area contributed by atoms with E-state index in [1.54, 1.807) is 12.1 Å². The fourth-order valence-corrected chi connectivity index (χ4v) is 2.37. The van der Waals surface area contributed by atoms with Gasteiger partial charge in [0.2, 0.25) is 5.91 Å². The van der Waals surface area contributed by atoms with Gasteiger partial charge in [-0.2, -0.15) is 0 Å². The zero-order chi connectivity index (χ0) is 12.1. The summed E-state index contributed by atoms with van der Waals surface area (Å²) in [6.07, 6.45) is 5.22. The summed E-state index contributed by atoms with van der Waals surface area (Å²) in [5.41, 5.74) is 1.05. The Kier molecular flexibility index (Phi) is 4.02. The number of rotatable bonds is 4. The minimum Gasteiger partial charge on any atom is -0.508 e. The van der Waals surface area contributed by atoms with Crippen LogP contribution in [0.3, 0.4) is 0 Å². The van der Waals surface area contributed by atoms with Gasteiger partial charge in [0.1, 0.15) is 5.75 Å². The topological polar surface area (TPSA) is 49.3 Å². The van der Waals surface area contributed by atoms with Crippen molar-refractivity contribution >= 4 is 5.91 Å². The van der Waals surface area contributed by atoms with Gasteiger partial charge in [-0.3, -0.25) is 4.79 Å². The van der Waals surface area contributed by atoms with Crippen molar-refractivity contribution in [2.75, 3.05) is 6.54 Å². The highest BCUT2D eigenvalue weighted by Crippen LogP contribution is 2.24. The smallest absolute Gasteiger partial charge is 0.223 e. The fraction of sp³-hybridized carbons (Fsp3) is 0.500. The zero-order valence-electron chi connectivity index (χ0n) is 9.98. The molecule has 1 aromatic rings. The maximum Gasteiger partial charge on any atom is 0.223 e. The maximum atomic E-state index is 11.7. The van der Waals surface area contributed by atoms with Crippen LogP contribution in [0.4, 0.5) is 0 Å². The van der Waals surface area contributed by atoms with E-state index in [9.17, 15) is 9.90 Å². The highest BCUT2D eigenvalue weighted by Gasteiger charge is 2.21. The van der Waals surface area contributed by atoms with E-state index in [1.807, 2.05) is 12.1 Å². The summed E-state index contributed by atoms with van der Waals surface area (Å²) < 4.78 is 0. The first-order valence-electron chi connectivity index (χ1n) is 6.31. The first-order chi connectivity index (χ1) is 8.25. The Bertz CT molecular complexity index is 384. The number of phenolic OH excluding ortho intramolecular Hbond substituents is 1. The van der Waals surface area contributed by atoms with E-state index < -0.39 is 0 Å². The minimum absolute atomic E-state index is 0.197. The van der Waals surface area contributed by atoms with Gasteiger partial charge in [0.05, 0.1) is 0 Å². The lowest BCUT2D eigenvalue weighted by atomic mass is 10.1. The van der Waals surface area contributed by atoms with Crippen LogP contribution in [-0.4, -0.2) is 17.6 Å². The van der Waals surface area contributed by atoms with Gasteiger partial charge in [-0.1, -0.05) is 25.0 Å². The number of hydrogen-bond donors (Lipinski definition) is 2. The van der Waals surface area contributed by atoms with Crippen LogP contribution in [0.2, 0.25) is 0 Å². The molecule has 0 aromatic heterocycles. The predicted molar refractivity (Wildman–Crippen MR) is 66.8 cm³/mol. The summed E-state index contributed by atoms with van der Waals surface area (Å²) in [6, 6.07) is 7.17. The van der Waals surface area contributed by atoms with Crippen molar-refractivity contribution in [1.82, 2.24) is 5.32 Å². The molecule has 17 heavy (non-hydrogen) atoms. The van der Waals surface area contributed by atoms with E-state index in [2.05, 4.69) is 5.32 Å². The molecule has 0 heterocycles. The molecule has 1 aliphatic rings. The summed E-state index contributed by atoms with van der Waals surface area (Å²) in [5, 5.41) is 12.3. The predicted octanol–water partition coefficient (Wildman–Crippen LogP) is 2.24. The lowest BCUT2D eigenvalue weighted by molar-refractivity contribution is -0.124. The fourth-order valence-electron chi connectivity index (χ4n) is 2.37. The van der Waals surface area contributed by atoms with E-state index >= 15 is 0 Å². The third-order valence-electron chi connectivity index (χ3n) is 3.35. The molecule has 3 nitrogen and oxygen atoms in total. The van der Waals surface area contributed by atoms with E-state index in [0.29, 0.717) is 6.54 Å². The average molecular weight is 233 g/mol. The van der Waals surface area contributed by atoms with Gasteiger partial charge in [0.25, 0.3) is 0 Å². The second kappa shape index (κ2) is 5.71. The number of carbonyl (C=O) groups excluding carboxylic acids is 1. The summed E-state index contributed by atoms with van der Waals surface area (Å²) in [5.74, 6) is 0.714. The van der Waals surface area contributed by atoms with Crippen LogP contribution < -0.4 is 5.32 Å². The standard InChI is InChI=1S/C14H19NO2/c16-13-7-3-4-11(10-13)8-9-15-14(17)12-5-1-2-6-12/h3-4,7,10,12,16H,1-2,5-6,8-9H2,(H,15,17). The first-order valence-corrected chi connectivity index (χ1v) is 6.31. The van der Waals surface area contributed by atoms with Crippen LogP contribution >= 0.6 is 0 Å². The molecule has 1 amide bonds. The molecule has 0 bridgehead atoms. The Hall–Kier alpha value is -1.51. The second-order valence-corrected chi connectivity index (χ2v) is 4.69. The van der Waals surface area contributed by atoms with Crippen LogP contribution in [0.5, 0.6) is 5.75 Å². The third kappa shape index (κ3) is 3.48. The van der Waals surface area contributed by atoms with Crippen molar-refractivity contribution in [2.24, 2.45) is 5.92 Å². The van der Waals surface area contributed by atoms with E-state index in [4.69, 9.17) is 0 Å². The molecule has 0 unspecified atom stereocenters. The van der Waals surface area contributed by atoms with Gasteiger partial charge < -0.3 is 10.4 Å². The number of hydrogen-bond acceptors (Lipinski definition) is 2. The Balaban J connectivity index is 1.73. The molecule has 0 aliphatic heterocycles. The number of benzene rings is 1. The molecule has 1 aromatic carbocycles. The molecule has 1 fully saturated rings. The van der Waals surface area contributed by atoms with Crippen LogP contribution in [0.15, 0.2) is 24.3 Å². The van der Waals surface area contributed by atoms with Crippen molar-refractivity contribution in [3.63, 3.8) is 0 Å². The maximum absolute atomic E-state index is 11.7. The molecule has 1 aliphatic carbocycles. The Labute approximate surface area is 102 Å². The molecule has 2 rings (SSSR count). The first kappa shape index (κ1) is 12.0. The highest BCUT2D eigenvalue weighted by atomic mass is 16.3. The average Bonchev–Trinajstić information content (AvgIpc) is 2.82. The molecular formula is C14H19NO2. The summed E-state index contributed by atoms with van der Waals surface area (Å²) in [4.78, 5) is 11.7. The van der Waals surface area contributed by atoms with E-state index in [0.717, 1.165) is 24.8 Å². The van der Waals surface area contributed by atoms with Crippen LogP contribution in [-0.2, 0) is 11.2 Å². The van der Waals surface area contributed by atoms with Gasteiger partial charge in [-0.05, 0) is 37.0 Å². The summed E-state index contributed by atoms with van der Waals surface area (Å²) in [7, 11) is 0. The normalized spacial score (nSPS) is 16.0. The SMILES string of the molecule is O=C(NCCc1cccc(O)c1)C1CCCC1. The van der Waals surface area contributed by atoms with Gasteiger partial charge in [0.15, 0.2) is 0 Å². The van der Waals surface area contributed by atoms with Crippen LogP contribution in [0.25, 0.3) is 0 Å². The number of nitrogens with one attached hydrogen (secondary N) is 1. The molecule has 0 saturated heterocycles. The molecular weight excluding hydrogens is 214 g/mol.